The predicted octanol–water partition coefficient (Wildman–Crippen LogP) is 6.12. The zero-order chi connectivity index (χ0) is 16.4. The monoisotopic (exact) mass is 368 g/mol. The molecule has 2 aliphatic carbocycles. The van der Waals surface area contributed by atoms with Crippen LogP contribution in [-0.4, -0.2) is 16.0 Å². The molecule has 3 fully saturated rings. The Balaban J connectivity index is 1.95. The van der Waals surface area contributed by atoms with E-state index in [1.54, 1.807) is 0 Å². The molecule has 2 saturated carbocycles. The Morgan fingerprint density at radius 2 is 1.59 bits per heavy atom. The predicted molar refractivity (Wildman–Crippen MR) is 97.4 cm³/mol. The smallest absolute Gasteiger partial charge is 0.0839 e. The second kappa shape index (κ2) is 5.09. The molecular formula is C20H33BrO. The molecule has 0 amide bonds. The zero-order valence-electron chi connectivity index (χ0n) is 15.0. The Labute approximate surface area is 145 Å². The Kier molecular flexibility index (Phi) is 3.93. The summed E-state index contributed by atoms with van der Waals surface area (Å²) in [5.74, 6) is 1.49. The minimum Gasteiger partial charge on any atom is -0.365 e. The Bertz CT molecular complexity index is 472. The third-order valence-corrected chi connectivity index (χ3v) is 9.37. The van der Waals surface area contributed by atoms with Crippen molar-refractivity contribution in [1.29, 1.82) is 0 Å². The lowest BCUT2D eigenvalue weighted by Gasteiger charge is -2.66. The van der Waals surface area contributed by atoms with Gasteiger partial charge in [0.15, 0.2) is 0 Å². The van der Waals surface area contributed by atoms with Crippen molar-refractivity contribution in [3.05, 3.63) is 12.7 Å². The fraction of sp³-hybridized carbons (Fsp3) is 0.900. The van der Waals surface area contributed by atoms with E-state index in [9.17, 15) is 0 Å². The standard InChI is InChI=1S/C20H33BrO/c1-7-18(4)11-8-15-19(5)12-10-16(21)17(2,3)14(19)9-13-20(15,6)22-18/h7,14-16H,1,8-13H2,2-6H3/t14-,15+,16-,18-,19-,20+/m0/s1. The van der Waals surface area contributed by atoms with Gasteiger partial charge in [-0.15, -0.1) is 6.58 Å². The maximum absolute atomic E-state index is 6.69. The van der Waals surface area contributed by atoms with Crippen molar-refractivity contribution < 1.29 is 4.74 Å². The average Bonchev–Trinajstić information content (AvgIpc) is 2.42. The van der Waals surface area contributed by atoms with Gasteiger partial charge in [0.05, 0.1) is 11.2 Å². The number of ether oxygens (including phenoxy) is 1. The van der Waals surface area contributed by atoms with E-state index in [1.807, 2.05) is 6.08 Å². The molecule has 1 saturated heterocycles. The summed E-state index contributed by atoms with van der Waals surface area (Å²) < 4.78 is 6.69. The van der Waals surface area contributed by atoms with Gasteiger partial charge in [-0.2, -0.15) is 0 Å². The van der Waals surface area contributed by atoms with Gasteiger partial charge in [-0.05, 0) is 75.0 Å². The van der Waals surface area contributed by atoms with E-state index in [2.05, 4.69) is 57.1 Å². The number of fused-ring (bicyclic) bond motifs is 3. The fourth-order valence-corrected chi connectivity index (χ4v) is 6.94. The molecule has 6 atom stereocenters. The molecule has 0 spiro atoms. The molecule has 126 valence electrons. The summed E-state index contributed by atoms with van der Waals surface area (Å²) in [4.78, 5) is 0.658. The van der Waals surface area contributed by atoms with Crippen molar-refractivity contribution in [3.8, 4) is 0 Å². The van der Waals surface area contributed by atoms with E-state index in [4.69, 9.17) is 4.74 Å². The first-order valence-electron chi connectivity index (χ1n) is 9.05. The molecular weight excluding hydrogens is 336 g/mol. The van der Waals surface area contributed by atoms with Crippen LogP contribution < -0.4 is 0 Å². The van der Waals surface area contributed by atoms with Gasteiger partial charge < -0.3 is 4.74 Å². The summed E-state index contributed by atoms with van der Waals surface area (Å²) in [6.07, 6.45) is 9.57. The van der Waals surface area contributed by atoms with Crippen molar-refractivity contribution in [1.82, 2.24) is 0 Å². The molecule has 1 aliphatic heterocycles. The molecule has 3 rings (SSSR count). The lowest BCUT2D eigenvalue weighted by molar-refractivity contribution is -0.251. The van der Waals surface area contributed by atoms with Crippen molar-refractivity contribution >= 4 is 15.9 Å². The van der Waals surface area contributed by atoms with Crippen LogP contribution in [0.2, 0.25) is 0 Å². The molecule has 0 aromatic carbocycles. The number of hydrogen-bond acceptors (Lipinski definition) is 1. The highest BCUT2D eigenvalue weighted by molar-refractivity contribution is 9.09. The van der Waals surface area contributed by atoms with Crippen molar-refractivity contribution in [2.45, 2.75) is 89.2 Å². The van der Waals surface area contributed by atoms with Crippen molar-refractivity contribution in [3.63, 3.8) is 0 Å². The van der Waals surface area contributed by atoms with Gasteiger partial charge in [0.2, 0.25) is 0 Å². The summed E-state index contributed by atoms with van der Waals surface area (Å²) in [5, 5.41) is 0. The third kappa shape index (κ3) is 2.27. The normalized spacial score (nSPS) is 54.2. The van der Waals surface area contributed by atoms with Crippen LogP contribution >= 0.6 is 15.9 Å². The molecule has 1 heterocycles. The summed E-state index contributed by atoms with van der Waals surface area (Å²) in [7, 11) is 0. The average molecular weight is 369 g/mol. The maximum atomic E-state index is 6.69. The summed E-state index contributed by atoms with van der Waals surface area (Å²) >= 11 is 3.98. The molecule has 3 aliphatic rings. The minimum absolute atomic E-state index is 0.0294. The second-order valence-corrected chi connectivity index (χ2v) is 10.6. The van der Waals surface area contributed by atoms with Gasteiger partial charge in [0.1, 0.15) is 0 Å². The van der Waals surface area contributed by atoms with E-state index in [1.165, 1.54) is 32.1 Å². The number of halogens is 1. The van der Waals surface area contributed by atoms with E-state index >= 15 is 0 Å². The van der Waals surface area contributed by atoms with Crippen LogP contribution in [0, 0.1) is 22.7 Å². The van der Waals surface area contributed by atoms with Crippen LogP contribution in [0.1, 0.15) is 73.1 Å². The molecule has 0 radical (unpaired) electrons. The minimum atomic E-state index is -0.128. The van der Waals surface area contributed by atoms with Gasteiger partial charge in [0.25, 0.3) is 0 Å². The SMILES string of the molecule is C=C[C@@]1(C)CC[C@@H]2[C@@]3(C)CC[C@H](Br)C(C)(C)[C@@H]3CC[C@@]2(C)O1. The van der Waals surface area contributed by atoms with Crippen molar-refractivity contribution in [2.75, 3.05) is 0 Å². The number of rotatable bonds is 1. The topological polar surface area (TPSA) is 9.23 Å². The van der Waals surface area contributed by atoms with Crippen LogP contribution in [0.4, 0.5) is 0 Å². The zero-order valence-corrected chi connectivity index (χ0v) is 16.6. The number of hydrogen-bond donors (Lipinski definition) is 0. The lowest BCUT2D eigenvalue weighted by atomic mass is 9.44. The molecule has 1 nitrogen and oxygen atoms in total. The number of alkyl halides is 1. The van der Waals surface area contributed by atoms with Gasteiger partial charge >= 0.3 is 0 Å². The Morgan fingerprint density at radius 3 is 2.23 bits per heavy atom. The first-order chi connectivity index (χ1) is 10.1. The molecule has 0 aromatic heterocycles. The third-order valence-electron chi connectivity index (χ3n) is 7.73. The van der Waals surface area contributed by atoms with Crippen molar-refractivity contribution in [2.24, 2.45) is 22.7 Å². The van der Waals surface area contributed by atoms with E-state index in [0.29, 0.717) is 21.6 Å². The molecule has 2 heteroatoms. The van der Waals surface area contributed by atoms with E-state index in [0.717, 1.165) is 12.3 Å². The van der Waals surface area contributed by atoms with E-state index in [-0.39, 0.29) is 11.2 Å². The summed E-state index contributed by atoms with van der Waals surface area (Å²) in [6, 6.07) is 0. The highest BCUT2D eigenvalue weighted by atomic mass is 79.9. The Hall–Kier alpha value is 0.180. The summed E-state index contributed by atoms with van der Waals surface area (Å²) in [6.45, 7) is 16.2. The van der Waals surface area contributed by atoms with Crippen LogP contribution in [0.15, 0.2) is 12.7 Å². The Morgan fingerprint density at radius 1 is 0.955 bits per heavy atom. The van der Waals surface area contributed by atoms with Gasteiger partial charge in [0, 0.05) is 4.83 Å². The lowest BCUT2D eigenvalue weighted by Crippen LogP contribution is -2.63. The molecule has 0 aromatic rings. The highest BCUT2D eigenvalue weighted by Crippen LogP contribution is 2.66. The second-order valence-electron chi connectivity index (χ2n) is 9.45. The maximum Gasteiger partial charge on any atom is 0.0839 e. The molecule has 0 N–H and O–H groups in total. The van der Waals surface area contributed by atoms with Crippen LogP contribution in [0.3, 0.4) is 0 Å². The quantitative estimate of drug-likeness (QED) is 0.400. The first-order valence-corrected chi connectivity index (χ1v) is 9.97. The van der Waals surface area contributed by atoms with Gasteiger partial charge in [-0.25, -0.2) is 0 Å². The first kappa shape index (κ1) is 17.0. The van der Waals surface area contributed by atoms with Gasteiger partial charge in [-0.3, -0.25) is 0 Å². The van der Waals surface area contributed by atoms with Crippen LogP contribution in [-0.2, 0) is 4.74 Å². The molecule has 0 unspecified atom stereocenters. The van der Waals surface area contributed by atoms with Crippen LogP contribution in [0.25, 0.3) is 0 Å². The fourth-order valence-electron chi connectivity index (χ4n) is 6.39. The molecule has 0 bridgehead atoms. The summed E-state index contributed by atoms with van der Waals surface area (Å²) in [5.41, 5.74) is 0.703. The van der Waals surface area contributed by atoms with E-state index < -0.39 is 0 Å². The highest BCUT2D eigenvalue weighted by Gasteiger charge is 2.62. The largest absolute Gasteiger partial charge is 0.365 e. The van der Waals surface area contributed by atoms with Crippen LogP contribution in [0.5, 0.6) is 0 Å². The van der Waals surface area contributed by atoms with Gasteiger partial charge in [-0.1, -0.05) is 42.8 Å². The molecule has 22 heavy (non-hydrogen) atoms.